The van der Waals surface area contributed by atoms with E-state index in [9.17, 15) is 17.6 Å². The minimum absolute atomic E-state index is 0.00656. The second-order valence-corrected chi connectivity index (χ2v) is 10.4. The van der Waals surface area contributed by atoms with Gasteiger partial charge in [-0.15, -0.1) is 11.3 Å². The molecule has 0 fully saturated rings. The minimum atomic E-state index is -3.93. The molecule has 2 aromatic carbocycles. The lowest BCUT2D eigenvalue weighted by Crippen LogP contribution is -2.32. The lowest BCUT2D eigenvalue weighted by atomic mass is 9.94. The molecule has 1 amide bonds. The molecule has 0 spiro atoms. The van der Waals surface area contributed by atoms with Crippen LogP contribution in [0.4, 0.5) is 15.8 Å². The van der Waals surface area contributed by atoms with Crippen molar-refractivity contribution in [3.8, 4) is 23.0 Å². The number of benzene rings is 2. The summed E-state index contributed by atoms with van der Waals surface area (Å²) < 4.78 is 46.5. The molecule has 0 unspecified atom stereocenters. The van der Waals surface area contributed by atoms with E-state index in [-0.39, 0.29) is 16.6 Å². The third-order valence-electron chi connectivity index (χ3n) is 4.82. The molecule has 9 nitrogen and oxygen atoms in total. The minimum Gasteiger partial charge on any atom is -0.332 e. The maximum absolute atomic E-state index is 13.0. The monoisotopic (exact) mass is 501 g/mol. The van der Waals surface area contributed by atoms with Crippen molar-refractivity contribution in [2.75, 3.05) is 16.7 Å². The van der Waals surface area contributed by atoms with Gasteiger partial charge in [-0.05, 0) is 50.2 Å². The van der Waals surface area contributed by atoms with E-state index in [1.165, 1.54) is 61.6 Å². The molecule has 176 valence electrons. The molecule has 4 rings (SSSR count). The number of carbonyl (C=O) groups excluding carboxylic acids is 1. The Morgan fingerprint density at radius 3 is 2.56 bits per heavy atom. The van der Waals surface area contributed by atoms with Gasteiger partial charge in [-0.2, -0.15) is 4.98 Å². The van der Waals surface area contributed by atoms with Gasteiger partial charge in [0, 0.05) is 22.3 Å². The van der Waals surface area contributed by atoms with Gasteiger partial charge in [0.2, 0.25) is 11.7 Å². The van der Waals surface area contributed by atoms with Crippen LogP contribution < -0.4 is 10.0 Å². The van der Waals surface area contributed by atoms with Crippen LogP contribution in [-0.2, 0) is 14.8 Å². The Labute approximate surface area is 199 Å². The van der Waals surface area contributed by atoms with Crippen LogP contribution in [0.5, 0.6) is 0 Å². The van der Waals surface area contributed by atoms with Crippen LogP contribution in [0, 0.1) is 5.41 Å². The normalized spacial score (nSPS) is 11.9. The fourth-order valence-corrected chi connectivity index (χ4v) is 4.39. The number of nitrogens with one attached hydrogen (secondary N) is 2. The number of rotatable bonds is 8. The van der Waals surface area contributed by atoms with Gasteiger partial charge < -0.3 is 9.84 Å². The Hall–Kier alpha value is -3.64. The maximum atomic E-state index is 13.0. The number of carbonyl (C=O) groups is 1. The summed E-state index contributed by atoms with van der Waals surface area (Å²) in [6.07, 6.45) is 0. The quantitative estimate of drug-likeness (QED) is 0.361. The predicted molar refractivity (Wildman–Crippen MR) is 126 cm³/mol. The first kappa shape index (κ1) is 23.5. The average molecular weight is 502 g/mol. The first-order valence-electron chi connectivity index (χ1n) is 10.0. The fraction of sp³-hybridized carbons (Fsp3) is 0.182. The number of alkyl halides is 1. The molecule has 34 heavy (non-hydrogen) atoms. The van der Waals surface area contributed by atoms with Gasteiger partial charge in [0.25, 0.3) is 15.9 Å². The van der Waals surface area contributed by atoms with Gasteiger partial charge in [0.05, 0.1) is 15.8 Å². The van der Waals surface area contributed by atoms with Gasteiger partial charge in [0.1, 0.15) is 12.4 Å². The number of thiazole rings is 1. The summed E-state index contributed by atoms with van der Waals surface area (Å²) in [6.45, 7) is 2.19. The first-order valence-corrected chi connectivity index (χ1v) is 12.4. The van der Waals surface area contributed by atoms with Crippen LogP contribution in [0.1, 0.15) is 13.8 Å². The second kappa shape index (κ2) is 9.31. The van der Waals surface area contributed by atoms with E-state index in [0.29, 0.717) is 22.6 Å². The maximum Gasteiger partial charge on any atom is 0.277 e. The Morgan fingerprint density at radius 1 is 1.15 bits per heavy atom. The number of halogens is 1. The zero-order valence-corrected chi connectivity index (χ0v) is 19.8. The van der Waals surface area contributed by atoms with E-state index in [2.05, 4.69) is 25.2 Å². The summed E-state index contributed by atoms with van der Waals surface area (Å²) in [5, 5.41) is 8.29. The third kappa shape index (κ3) is 5.13. The Balaban J connectivity index is 1.49. The van der Waals surface area contributed by atoms with Crippen molar-refractivity contribution in [3.05, 3.63) is 59.4 Å². The van der Waals surface area contributed by atoms with E-state index in [4.69, 9.17) is 4.52 Å². The van der Waals surface area contributed by atoms with Crippen molar-refractivity contribution in [2.24, 2.45) is 5.41 Å². The highest BCUT2D eigenvalue weighted by atomic mass is 32.2. The summed E-state index contributed by atoms with van der Waals surface area (Å²) in [5.74, 6) is 0.000569. The average Bonchev–Trinajstić information content (AvgIpc) is 3.52. The summed E-state index contributed by atoms with van der Waals surface area (Å²) in [5.41, 5.74) is 2.20. The first-order chi connectivity index (χ1) is 16.2. The number of aromatic nitrogens is 3. The van der Waals surface area contributed by atoms with Crippen LogP contribution in [-0.4, -0.2) is 36.1 Å². The van der Waals surface area contributed by atoms with Crippen molar-refractivity contribution in [2.45, 2.75) is 18.7 Å². The summed E-state index contributed by atoms with van der Waals surface area (Å²) in [6, 6.07) is 12.2. The molecule has 2 aromatic heterocycles. The molecule has 4 aromatic rings. The number of anilines is 2. The molecule has 2 heterocycles. The van der Waals surface area contributed by atoms with E-state index >= 15 is 0 Å². The zero-order valence-electron chi connectivity index (χ0n) is 18.1. The summed E-state index contributed by atoms with van der Waals surface area (Å²) in [4.78, 5) is 20.5. The summed E-state index contributed by atoms with van der Waals surface area (Å²) >= 11 is 1.39. The molecular weight excluding hydrogens is 481 g/mol. The molecular formula is C22H20FN5O4S2. The van der Waals surface area contributed by atoms with E-state index in [1.54, 1.807) is 23.0 Å². The van der Waals surface area contributed by atoms with Gasteiger partial charge in [-0.3, -0.25) is 9.52 Å². The molecule has 0 saturated heterocycles. The second-order valence-electron chi connectivity index (χ2n) is 7.98. The van der Waals surface area contributed by atoms with E-state index in [0.717, 1.165) is 0 Å². The molecule has 0 aliphatic carbocycles. The number of hydrogen-bond donors (Lipinski definition) is 2. The van der Waals surface area contributed by atoms with E-state index < -0.39 is 28.0 Å². The molecule has 0 aliphatic heterocycles. The smallest absolute Gasteiger partial charge is 0.277 e. The van der Waals surface area contributed by atoms with E-state index in [1.807, 2.05) is 0 Å². The fourth-order valence-electron chi connectivity index (χ4n) is 2.76. The van der Waals surface area contributed by atoms with Crippen molar-refractivity contribution < 1.29 is 22.1 Å². The number of amides is 1. The van der Waals surface area contributed by atoms with Crippen molar-refractivity contribution in [1.29, 1.82) is 0 Å². The van der Waals surface area contributed by atoms with Crippen LogP contribution in [0.3, 0.4) is 0 Å². The third-order valence-corrected chi connectivity index (χ3v) is 6.79. The molecule has 0 radical (unpaired) electrons. The molecule has 12 heteroatoms. The lowest BCUT2D eigenvalue weighted by molar-refractivity contribution is -0.124. The topological polar surface area (TPSA) is 127 Å². The number of sulfonamides is 1. The SMILES string of the molecule is CC(C)(CF)C(=O)Nc1ccc(NS(=O)(=O)c2cccc(-c3noc(-c4cscn4)n3)c2)cc1. The summed E-state index contributed by atoms with van der Waals surface area (Å²) in [7, 11) is -3.93. The molecule has 0 saturated carbocycles. The van der Waals surface area contributed by atoms with Crippen LogP contribution in [0.25, 0.3) is 23.0 Å². The van der Waals surface area contributed by atoms with Gasteiger partial charge in [-0.25, -0.2) is 17.8 Å². The molecule has 0 atom stereocenters. The van der Waals surface area contributed by atoms with Crippen molar-refractivity contribution in [1.82, 2.24) is 15.1 Å². The van der Waals surface area contributed by atoms with Gasteiger partial charge >= 0.3 is 0 Å². The van der Waals surface area contributed by atoms with Crippen molar-refractivity contribution >= 4 is 38.6 Å². The Bertz CT molecular complexity index is 1400. The number of hydrogen-bond acceptors (Lipinski definition) is 8. The van der Waals surface area contributed by atoms with Crippen LogP contribution in [0.15, 0.2) is 68.8 Å². The lowest BCUT2D eigenvalue weighted by Gasteiger charge is -2.19. The van der Waals surface area contributed by atoms with Crippen molar-refractivity contribution in [3.63, 3.8) is 0 Å². The highest BCUT2D eigenvalue weighted by Crippen LogP contribution is 2.26. The zero-order chi connectivity index (χ0) is 24.3. The largest absolute Gasteiger partial charge is 0.332 e. The van der Waals surface area contributed by atoms with Gasteiger partial charge in [-0.1, -0.05) is 17.3 Å². The highest BCUT2D eigenvalue weighted by molar-refractivity contribution is 7.92. The molecule has 2 N–H and O–H groups in total. The number of nitrogens with zero attached hydrogens (tertiary/aromatic N) is 3. The van der Waals surface area contributed by atoms with Crippen LogP contribution in [0.2, 0.25) is 0 Å². The Morgan fingerprint density at radius 2 is 1.88 bits per heavy atom. The predicted octanol–water partition coefficient (Wildman–Crippen LogP) is 4.60. The standard InChI is InChI=1S/C22H20FN5O4S2/c1-22(2,12-23)21(29)25-15-6-8-16(9-7-15)28-34(30,31)17-5-3-4-14(10-17)19-26-20(32-27-19)18-11-33-13-24-18/h3-11,13,28H,12H2,1-2H3,(H,25,29). The molecule has 0 bridgehead atoms. The van der Waals surface area contributed by atoms with Crippen LogP contribution >= 0.6 is 11.3 Å². The highest BCUT2D eigenvalue weighted by Gasteiger charge is 2.27. The van der Waals surface area contributed by atoms with Gasteiger partial charge in [0.15, 0.2) is 0 Å². The molecule has 0 aliphatic rings. The Kier molecular flexibility index (Phi) is 6.44.